The monoisotopic (exact) mass is 555 g/mol. The topological polar surface area (TPSA) is 115 Å². The fraction of sp³-hybridized carbons (Fsp3) is 0.259. The third-order valence-corrected chi connectivity index (χ3v) is 7.30. The second-order valence-corrected chi connectivity index (χ2v) is 10.6. The van der Waals surface area contributed by atoms with Crippen LogP contribution in [0, 0.1) is 0 Å². The van der Waals surface area contributed by atoms with Crippen molar-refractivity contribution < 1.29 is 27.4 Å². The molecule has 3 aromatic rings. The van der Waals surface area contributed by atoms with Crippen LogP contribution in [0.1, 0.15) is 23.2 Å². The molecule has 1 unspecified atom stereocenters. The van der Waals surface area contributed by atoms with E-state index in [1.54, 1.807) is 36.4 Å². The van der Waals surface area contributed by atoms with Gasteiger partial charge in [-0.2, -0.15) is 0 Å². The maximum Gasteiger partial charge on any atom is 0.257 e. The Labute approximate surface area is 227 Å². The molecule has 4 rings (SSSR count). The summed E-state index contributed by atoms with van der Waals surface area (Å²) >= 11 is 5.23. The molecular weight excluding hydrogens is 526 g/mol. The van der Waals surface area contributed by atoms with Crippen molar-refractivity contribution in [2.45, 2.75) is 23.8 Å². The van der Waals surface area contributed by atoms with Gasteiger partial charge >= 0.3 is 0 Å². The summed E-state index contributed by atoms with van der Waals surface area (Å²) in [7, 11) is -3.65. The fourth-order valence-electron chi connectivity index (χ4n) is 3.68. The Kier molecular flexibility index (Phi) is 9.66. The molecule has 200 valence electrons. The molecule has 0 saturated carbocycles. The number of rotatable bonds is 11. The molecule has 1 saturated heterocycles. The molecule has 0 aliphatic carbocycles. The quantitative estimate of drug-likeness (QED) is 0.242. The number of carbonyl (C=O) groups is 1. The molecule has 1 heterocycles. The minimum atomic E-state index is -3.65. The lowest BCUT2D eigenvalue weighted by atomic mass is 10.2. The van der Waals surface area contributed by atoms with Crippen molar-refractivity contribution in [1.29, 1.82) is 0 Å². The summed E-state index contributed by atoms with van der Waals surface area (Å²) in [4.78, 5) is 12.7. The second-order valence-electron chi connectivity index (χ2n) is 8.45. The smallest absolute Gasteiger partial charge is 0.257 e. The minimum Gasteiger partial charge on any atom is -0.490 e. The van der Waals surface area contributed by atoms with E-state index >= 15 is 0 Å². The van der Waals surface area contributed by atoms with Crippen molar-refractivity contribution in [1.82, 2.24) is 10.0 Å². The van der Waals surface area contributed by atoms with Gasteiger partial charge in [0, 0.05) is 24.4 Å². The zero-order valence-corrected chi connectivity index (χ0v) is 22.2. The fourth-order valence-corrected chi connectivity index (χ4v) is 4.96. The van der Waals surface area contributed by atoms with Gasteiger partial charge < -0.3 is 19.5 Å². The van der Waals surface area contributed by atoms with Crippen LogP contribution in [0.4, 0.5) is 5.69 Å². The van der Waals surface area contributed by atoms with Crippen molar-refractivity contribution in [2.75, 3.05) is 31.7 Å². The number of hydrogen-bond donors (Lipinski definition) is 3. The maximum absolute atomic E-state index is 12.5. The highest BCUT2D eigenvalue weighted by molar-refractivity contribution is 7.89. The highest BCUT2D eigenvalue weighted by Gasteiger charge is 2.20. The molecule has 0 spiro atoms. The molecule has 0 bridgehead atoms. The van der Waals surface area contributed by atoms with Crippen molar-refractivity contribution >= 4 is 38.9 Å². The van der Waals surface area contributed by atoms with Gasteiger partial charge in [0.05, 0.1) is 11.0 Å². The van der Waals surface area contributed by atoms with Gasteiger partial charge in [-0.15, -0.1) is 0 Å². The summed E-state index contributed by atoms with van der Waals surface area (Å²) in [6.45, 7) is 1.66. The lowest BCUT2D eigenvalue weighted by Crippen LogP contribution is -2.34. The number of ether oxygens (including phenoxy) is 3. The molecule has 0 aromatic heterocycles. The van der Waals surface area contributed by atoms with E-state index in [0.717, 1.165) is 18.6 Å². The maximum atomic E-state index is 12.5. The predicted molar refractivity (Wildman–Crippen MR) is 148 cm³/mol. The first-order chi connectivity index (χ1) is 18.4. The molecule has 1 fully saturated rings. The van der Waals surface area contributed by atoms with E-state index < -0.39 is 10.0 Å². The van der Waals surface area contributed by atoms with E-state index in [1.165, 1.54) is 12.1 Å². The second kappa shape index (κ2) is 13.3. The molecule has 11 heteroatoms. The van der Waals surface area contributed by atoms with Crippen LogP contribution >= 0.6 is 12.2 Å². The SMILES string of the molecule is O=C(NC(=S)Nc1ccc(S(=O)(=O)NCC2CCCO2)cc1)c1ccc(OCCOc2ccccc2)cc1. The summed E-state index contributed by atoms with van der Waals surface area (Å²) in [5.41, 5.74) is 0.940. The van der Waals surface area contributed by atoms with Crippen molar-refractivity contribution in [3.05, 3.63) is 84.4 Å². The Morgan fingerprint density at radius 2 is 1.58 bits per heavy atom. The molecule has 1 amide bonds. The van der Waals surface area contributed by atoms with Gasteiger partial charge in [-0.25, -0.2) is 13.1 Å². The average Bonchev–Trinajstić information content (AvgIpc) is 3.45. The van der Waals surface area contributed by atoms with E-state index in [4.69, 9.17) is 26.4 Å². The molecule has 0 radical (unpaired) electrons. The number of sulfonamides is 1. The normalized spacial score (nSPS) is 15.0. The summed E-state index contributed by atoms with van der Waals surface area (Å²) < 4.78 is 44.3. The Hall–Kier alpha value is -3.51. The molecule has 3 aromatic carbocycles. The van der Waals surface area contributed by atoms with Crippen LogP contribution in [0.25, 0.3) is 0 Å². The molecule has 1 aliphatic rings. The average molecular weight is 556 g/mol. The van der Waals surface area contributed by atoms with Crippen LogP contribution < -0.4 is 24.8 Å². The zero-order chi connectivity index (χ0) is 26.8. The highest BCUT2D eigenvalue weighted by atomic mass is 32.2. The van der Waals surface area contributed by atoms with Gasteiger partial charge in [-0.05, 0) is 85.7 Å². The number of carbonyl (C=O) groups excluding carboxylic acids is 1. The zero-order valence-electron chi connectivity index (χ0n) is 20.6. The first-order valence-electron chi connectivity index (χ1n) is 12.1. The number of para-hydroxylation sites is 1. The van der Waals surface area contributed by atoms with Gasteiger partial charge in [-0.1, -0.05) is 18.2 Å². The first kappa shape index (κ1) is 27.5. The number of nitrogens with one attached hydrogen (secondary N) is 3. The lowest BCUT2D eigenvalue weighted by molar-refractivity contribution is 0.0977. The molecule has 38 heavy (non-hydrogen) atoms. The molecular formula is C27H29N3O6S2. The van der Waals surface area contributed by atoms with Crippen molar-refractivity contribution in [3.8, 4) is 11.5 Å². The summed E-state index contributed by atoms with van der Waals surface area (Å²) in [5, 5.41) is 5.57. The number of benzene rings is 3. The van der Waals surface area contributed by atoms with Crippen LogP contribution in [-0.2, 0) is 14.8 Å². The van der Waals surface area contributed by atoms with Gasteiger partial charge in [0.2, 0.25) is 10.0 Å². The summed E-state index contributed by atoms with van der Waals surface area (Å²) in [5.74, 6) is 0.994. The third kappa shape index (κ3) is 8.25. The van der Waals surface area contributed by atoms with Crippen LogP contribution in [0.3, 0.4) is 0 Å². The summed E-state index contributed by atoms with van der Waals surface area (Å²) in [6, 6.07) is 22.2. The minimum absolute atomic E-state index is 0.0838. The Morgan fingerprint density at radius 1 is 0.921 bits per heavy atom. The molecule has 3 N–H and O–H groups in total. The number of hydrogen-bond acceptors (Lipinski definition) is 7. The van der Waals surface area contributed by atoms with Crippen molar-refractivity contribution in [3.63, 3.8) is 0 Å². The van der Waals surface area contributed by atoms with Gasteiger partial charge in [0.15, 0.2) is 5.11 Å². The third-order valence-electron chi connectivity index (χ3n) is 5.66. The Bertz CT molecular complexity index is 1310. The van der Waals surface area contributed by atoms with Gasteiger partial charge in [0.25, 0.3) is 5.91 Å². The summed E-state index contributed by atoms with van der Waals surface area (Å²) in [6.07, 6.45) is 1.70. The molecule has 1 atom stereocenters. The largest absolute Gasteiger partial charge is 0.490 e. The highest BCUT2D eigenvalue weighted by Crippen LogP contribution is 2.17. The lowest BCUT2D eigenvalue weighted by Gasteiger charge is -2.13. The van der Waals surface area contributed by atoms with E-state index in [2.05, 4.69) is 15.4 Å². The number of amides is 1. The van der Waals surface area contributed by atoms with Crippen molar-refractivity contribution in [2.24, 2.45) is 0 Å². The Morgan fingerprint density at radius 3 is 2.21 bits per heavy atom. The molecule has 1 aliphatic heterocycles. The van der Waals surface area contributed by atoms with E-state index in [1.807, 2.05) is 30.3 Å². The van der Waals surface area contributed by atoms with Crippen LogP contribution in [0.5, 0.6) is 11.5 Å². The van der Waals surface area contributed by atoms with E-state index in [-0.39, 0.29) is 28.6 Å². The van der Waals surface area contributed by atoms with Crippen LogP contribution in [0.2, 0.25) is 0 Å². The van der Waals surface area contributed by atoms with E-state index in [9.17, 15) is 13.2 Å². The number of anilines is 1. The van der Waals surface area contributed by atoms with Gasteiger partial charge in [-0.3, -0.25) is 10.1 Å². The standard InChI is InChI=1S/C27H29N3O6S2/c31-26(20-8-12-23(13-9-20)36-18-17-35-22-5-2-1-3-6-22)30-27(37)29-21-10-14-25(15-11-21)38(32,33)28-19-24-7-4-16-34-24/h1-3,5-6,8-15,24,28H,4,7,16-19H2,(H2,29,30,31,37). The first-order valence-corrected chi connectivity index (χ1v) is 14.0. The Balaban J connectivity index is 1.20. The van der Waals surface area contributed by atoms with Crippen LogP contribution in [0.15, 0.2) is 83.8 Å². The van der Waals surface area contributed by atoms with E-state index in [0.29, 0.717) is 36.8 Å². The van der Waals surface area contributed by atoms with Crippen LogP contribution in [-0.4, -0.2) is 51.9 Å². The predicted octanol–water partition coefficient (Wildman–Crippen LogP) is 3.73. The van der Waals surface area contributed by atoms with Gasteiger partial charge in [0.1, 0.15) is 24.7 Å². The number of thiocarbonyl (C=S) groups is 1. The molecule has 9 nitrogen and oxygen atoms in total.